The van der Waals surface area contributed by atoms with Gasteiger partial charge in [0.25, 0.3) is 0 Å². The maximum absolute atomic E-state index is 12.7. The van der Waals surface area contributed by atoms with Gasteiger partial charge in [-0.2, -0.15) is 5.26 Å². The molecule has 0 saturated carbocycles. The zero-order valence-corrected chi connectivity index (χ0v) is 21.2. The fraction of sp³-hybridized carbons (Fsp3) is 0.250. The van der Waals surface area contributed by atoms with E-state index in [-0.39, 0.29) is 29.4 Å². The van der Waals surface area contributed by atoms with Crippen LogP contribution in [0.5, 0.6) is 11.5 Å². The molecule has 2 N–H and O–H groups in total. The number of esters is 1. The van der Waals surface area contributed by atoms with Crippen LogP contribution >= 0.6 is 34.2 Å². The molecule has 172 valence electrons. The van der Waals surface area contributed by atoms with Crippen LogP contribution in [-0.2, 0) is 20.9 Å². The molecule has 1 aliphatic heterocycles. The molecule has 33 heavy (non-hydrogen) atoms. The van der Waals surface area contributed by atoms with Gasteiger partial charge in [0.15, 0.2) is 11.5 Å². The summed E-state index contributed by atoms with van der Waals surface area (Å²) in [7, 11) is 1.52. The lowest BCUT2D eigenvalue weighted by molar-refractivity contribution is -0.139. The van der Waals surface area contributed by atoms with Crippen LogP contribution in [0.1, 0.15) is 30.9 Å². The van der Waals surface area contributed by atoms with Crippen molar-refractivity contribution < 1.29 is 23.7 Å². The van der Waals surface area contributed by atoms with E-state index < -0.39 is 11.9 Å². The molecule has 9 heteroatoms. The summed E-state index contributed by atoms with van der Waals surface area (Å²) in [6.07, 6.45) is 0. The molecule has 1 aliphatic rings. The van der Waals surface area contributed by atoms with Gasteiger partial charge in [0, 0.05) is 5.02 Å². The number of hydrogen-bond acceptors (Lipinski definition) is 7. The summed E-state index contributed by atoms with van der Waals surface area (Å²) in [6, 6.07) is 13.0. The van der Waals surface area contributed by atoms with E-state index in [1.54, 1.807) is 32.0 Å². The molecule has 0 radical (unpaired) electrons. The Morgan fingerprint density at radius 2 is 2.00 bits per heavy atom. The third-order valence-corrected chi connectivity index (χ3v) is 6.04. The summed E-state index contributed by atoms with van der Waals surface area (Å²) in [5.74, 6) is -0.114. The fourth-order valence-electron chi connectivity index (χ4n) is 3.47. The largest absolute Gasteiger partial charge is 0.493 e. The van der Waals surface area contributed by atoms with Crippen LogP contribution in [0, 0.1) is 14.9 Å². The average molecular weight is 581 g/mol. The van der Waals surface area contributed by atoms with Gasteiger partial charge in [0.1, 0.15) is 24.0 Å². The van der Waals surface area contributed by atoms with Crippen molar-refractivity contribution in [3.8, 4) is 17.6 Å². The third kappa shape index (κ3) is 5.37. The van der Waals surface area contributed by atoms with Crippen LogP contribution in [0.4, 0.5) is 0 Å². The second kappa shape index (κ2) is 10.8. The van der Waals surface area contributed by atoms with E-state index in [9.17, 15) is 10.1 Å². The SMILES string of the molecule is CCOC(=O)C1=C(C)OC(N)=C(C#N)C1c1cc(I)c(OCc2ccc(Cl)cc2)c(OC)c1. The Morgan fingerprint density at radius 3 is 2.61 bits per heavy atom. The number of methoxy groups -OCH3 is 1. The van der Waals surface area contributed by atoms with Gasteiger partial charge in [-0.1, -0.05) is 23.7 Å². The van der Waals surface area contributed by atoms with E-state index in [1.807, 2.05) is 18.2 Å². The molecule has 0 aromatic heterocycles. The molecule has 0 spiro atoms. The normalized spacial score (nSPS) is 15.6. The maximum atomic E-state index is 12.7. The molecule has 1 atom stereocenters. The van der Waals surface area contributed by atoms with Crippen LogP contribution < -0.4 is 15.2 Å². The topological polar surface area (TPSA) is 104 Å². The van der Waals surface area contributed by atoms with Crippen LogP contribution in [0.15, 0.2) is 59.2 Å². The Morgan fingerprint density at radius 1 is 1.30 bits per heavy atom. The Kier molecular flexibility index (Phi) is 8.10. The molecule has 2 aromatic carbocycles. The van der Waals surface area contributed by atoms with Crippen LogP contribution in [-0.4, -0.2) is 19.7 Å². The van der Waals surface area contributed by atoms with Gasteiger partial charge in [0.2, 0.25) is 5.88 Å². The van der Waals surface area contributed by atoms with Gasteiger partial charge in [-0.25, -0.2) is 4.79 Å². The van der Waals surface area contributed by atoms with E-state index in [0.29, 0.717) is 28.7 Å². The number of nitrogens with zero attached hydrogens (tertiary/aromatic N) is 1. The molecular formula is C24H22ClIN2O5. The van der Waals surface area contributed by atoms with E-state index >= 15 is 0 Å². The Hall–Kier alpha value is -2.90. The third-order valence-electron chi connectivity index (χ3n) is 4.98. The smallest absolute Gasteiger partial charge is 0.338 e. The molecule has 7 nitrogen and oxygen atoms in total. The molecule has 0 amide bonds. The highest BCUT2D eigenvalue weighted by molar-refractivity contribution is 14.1. The number of nitriles is 1. The predicted molar refractivity (Wildman–Crippen MR) is 131 cm³/mol. The van der Waals surface area contributed by atoms with Gasteiger partial charge >= 0.3 is 5.97 Å². The number of carbonyl (C=O) groups is 1. The molecule has 0 saturated heterocycles. The van der Waals surface area contributed by atoms with Gasteiger partial charge in [-0.15, -0.1) is 0 Å². The van der Waals surface area contributed by atoms with Crippen molar-refractivity contribution in [2.45, 2.75) is 26.4 Å². The van der Waals surface area contributed by atoms with Crippen molar-refractivity contribution in [1.82, 2.24) is 0 Å². The molecule has 1 unspecified atom stereocenters. The Bertz CT molecular complexity index is 1170. The van der Waals surface area contributed by atoms with Crippen molar-refractivity contribution in [1.29, 1.82) is 5.26 Å². The first kappa shape index (κ1) is 24.7. The highest BCUT2D eigenvalue weighted by atomic mass is 127. The minimum atomic E-state index is -0.768. The van der Waals surface area contributed by atoms with E-state index in [1.165, 1.54) is 7.11 Å². The molecule has 0 fully saturated rings. The van der Waals surface area contributed by atoms with Crippen LogP contribution in [0.25, 0.3) is 0 Å². The quantitative estimate of drug-likeness (QED) is 0.356. The molecule has 1 heterocycles. The Labute approximate surface area is 210 Å². The number of nitrogens with two attached hydrogens (primary N) is 1. The van der Waals surface area contributed by atoms with Gasteiger partial charge < -0.3 is 24.7 Å². The molecule has 2 aromatic rings. The van der Waals surface area contributed by atoms with Gasteiger partial charge in [-0.05, 0) is 71.8 Å². The van der Waals surface area contributed by atoms with E-state index in [0.717, 1.165) is 9.13 Å². The summed E-state index contributed by atoms with van der Waals surface area (Å²) in [6.45, 7) is 3.82. The number of carbonyl (C=O) groups excluding carboxylic acids is 1. The second-order valence-corrected chi connectivity index (χ2v) is 8.66. The van der Waals surface area contributed by atoms with E-state index in [2.05, 4.69) is 28.7 Å². The van der Waals surface area contributed by atoms with Crippen molar-refractivity contribution in [3.63, 3.8) is 0 Å². The summed E-state index contributed by atoms with van der Waals surface area (Å²) in [5.41, 5.74) is 7.89. The molecule has 0 bridgehead atoms. The monoisotopic (exact) mass is 580 g/mol. The first-order valence-electron chi connectivity index (χ1n) is 10.0. The Balaban J connectivity index is 2.03. The summed E-state index contributed by atoms with van der Waals surface area (Å²) >= 11 is 8.08. The summed E-state index contributed by atoms with van der Waals surface area (Å²) in [5, 5.41) is 10.4. The number of benzene rings is 2. The molecular weight excluding hydrogens is 559 g/mol. The molecule has 3 rings (SSSR count). The first-order valence-corrected chi connectivity index (χ1v) is 11.5. The number of hydrogen-bond donors (Lipinski definition) is 1. The van der Waals surface area contributed by atoms with Crippen LogP contribution in [0.3, 0.4) is 0 Å². The zero-order chi connectivity index (χ0) is 24.1. The highest BCUT2D eigenvalue weighted by Crippen LogP contribution is 2.44. The summed E-state index contributed by atoms with van der Waals surface area (Å²) < 4.78 is 23.0. The highest BCUT2D eigenvalue weighted by Gasteiger charge is 2.37. The van der Waals surface area contributed by atoms with E-state index in [4.69, 9.17) is 36.3 Å². The standard InChI is InChI=1S/C24H22ClIN2O5/c1-4-31-24(29)20-13(2)33-23(28)17(11-27)21(20)15-9-18(26)22(19(10-15)30-3)32-12-14-5-7-16(25)8-6-14/h5-10,21H,4,12,28H2,1-3H3. The number of ether oxygens (including phenoxy) is 4. The van der Waals surface area contributed by atoms with Crippen molar-refractivity contribution >= 4 is 40.2 Å². The lowest BCUT2D eigenvalue weighted by atomic mass is 9.83. The number of halogens is 2. The van der Waals surface area contributed by atoms with Crippen LogP contribution in [0.2, 0.25) is 5.02 Å². The second-order valence-electron chi connectivity index (χ2n) is 7.06. The van der Waals surface area contributed by atoms with Crippen molar-refractivity contribution in [2.24, 2.45) is 5.73 Å². The van der Waals surface area contributed by atoms with Crippen molar-refractivity contribution in [3.05, 3.63) is 78.9 Å². The predicted octanol–water partition coefficient (Wildman–Crippen LogP) is 5.18. The lowest BCUT2D eigenvalue weighted by Crippen LogP contribution is -2.25. The van der Waals surface area contributed by atoms with Gasteiger partial charge in [-0.3, -0.25) is 0 Å². The zero-order valence-electron chi connectivity index (χ0n) is 18.3. The first-order chi connectivity index (χ1) is 15.8. The average Bonchev–Trinajstić information content (AvgIpc) is 2.78. The fourth-order valence-corrected chi connectivity index (χ4v) is 4.38. The minimum absolute atomic E-state index is 0.0508. The number of rotatable bonds is 7. The number of allylic oxidation sites excluding steroid dienone is 2. The molecule has 0 aliphatic carbocycles. The summed E-state index contributed by atoms with van der Waals surface area (Å²) in [4.78, 5) is 12.7. The lowest BCUT2D eigenvalue weighted by Gasteiger charge is -2.27. The minimum Gasteiger partial charge on any atom is -0.493 e. The van der Waals surface area contributed by atoms with Gasteiger partial charge in [0.05, 0.1) is 28.8 Å². The van der Waals surface area contributed by atoms with Crippen molar-refractivity contribution in [2.75, 3.05) is 13.7 Å². The maximum Gasteiger partial charge on any atom is 0.338 e.